The van der Waals surface area contributed by atoms with Crippen molar-refractivity contribution in [2.24, 2.45) is 0 Å². The van der Waals surface area contributed by atoms with Crippen LogP contribution in [-0.2, 0) is 15.4 Å². The van der Waals surface area contributed by atoms with Crippen LogP contribution in [0.2, 0.25) is 5.02 Å². The molecule has 2 N–H and O–H groups in total. The first-order valence-electron chi connectivity index (χ1n) is 7.71. The molecule has 0 bridgehead atoms. The summed E-state index contributed by atoms with van der Waals surface area (Å²) in [6.45, 7) is 4.08. The molecule has 3 rings (SSSR count). The molecule has 0 atom stereocenters. The van der Waals surface area contributed by atoms with Crippen molar-refractivity contribution in [1.29, 1.82) is 0 Å². The van der Waals surface area contributed by atoms with Crippen molar-refractivity contribution >= 4 is 32.5 Å². The minimum Gasteiger partial charge on any atom is -0.361 e. The number of nitrogens with one attached hydrogen (secondary N) is 2. The number of fused-ring (bicyclic) bond motifs is 1. The maximum atomic E-state index is 13.0. The van der Waals surface area contributed by atoms with E-state index >= 15 is 0 Å². The van der Waals surface area contributed by atoms with Gasteiger partial charge < -0.3 is 4.98 Å². The molecular formula is C18H18ClFN2O2S. The van der Waals surface area contributed by atoms with Gasteiger partial charge in [0.05, 0.1) is 4.90 Å². The van der Waals surface area contributed by atoms with Gasteiger partial charge in [-0.25, -0.2) is 17.5 Å². The Bertz CT molecular complexity index is 1010. The Balaban J connectivity index is 1.85. The zero-order chi connectivity index (χ0) is 18.2. The number of aromatic amines is 1. The van der Waals surface area contributed by atoms with E-state index < -0.39 is 21.3 Å². The Hall–Kier alpha value is -1.89. The predicted octanol–water partition coefficient (Wildman–Crippen LogP) is 4.22. The lowest BCUT2D eigenvalue weighted by atomic mass is 9.85. The number of hydrogen-bond donors (Lipinski definition) is 2. The van der Waals surface area contributed by atoms with E-state index in [1.807, 2.05) is 32.2 Å². The molecule has 0 saturated heterocycles. The Kier molecular flexibility index (Phi) is 4.62. The molecule has 3 aromatic rings. The van der Waals surface area contributed by atoms with E-state index in [-0.39, 0.29) is 11.4 Å². The molecule has 132 valence electrons. The molecule has 0 fully saturated rings. The van der Waals surface area contributed by atoms with Crippen LogP contribution in [0.1, 0.15) is 19.4 Å². The second-order valence-corrected chi connectivity index (χ2v) is 8.76. The second kappa shape index (κ2) is 6.44. The van der Waals surface area contributed by atoms with Gasteiger partial charge in [-0.15, -0.1) is 0 Å². The summed E-state index contributed by atoms with van der Waals surface area (Å²) >= 11 is 6.08. The highest BCUT2D eigenvalue weighted by atomic mass is 35.5. The fraction of sp³-hybridized carbons (Fsp3) is 0.222. The average Bonchev–Trinajstić information content (AvgIpc) is 2.97. The van der Waals surface area contributed by atoms with Crippen LogP contribution in [-0.4, -0.2) is 19.9 Å². The van der Waals surface area contributed by atoms with E-state index in [1.165, 1.54) is 12.1 Å². The topological polar surface area (TPSA) is 62.0 Å². The van der Waals surface area contributed by atoms with Crippen LogP contribution in [0, 0.1) is 5.82 Å². The van der Waals surface area contributed by atoms with E-state index in [9.17, 15) is 12.8 Å². The maximum Gasteiger partial charge on any atom is 0.240 e. The molecule has 0 aliphatic heterocycles. The Morgan fingerprint density at radius 3 is 2.52 bits per heavy atom. The number of rotatable bonds is 5. The molecule has 0 radical (unpaired) electrons. The van der Waals surface area contributed by atoms with E-state index in [4.69, 9.17) is 11.6 Å². The summed E-state index contributed by atoms with van der Waals surface area (Å²) in [4.78, 5) is 3.21. The fourth-order valence-corrected chi connectivity index (χ4v) is 4.10. The molecule has 1 heterocycles. The van der Waals surface area contributed by atoms with Gasteiger partial charge in [-0.1, -0.05) is 25.4 Å². The molecular weight excluding hydrogens is 363 g/mol. The second-order valence-electron chi connectivity index (χ2n) is 6.55. The minimum atomic E-state index is -3.72. The van der Waals surface area contributed by atoms with Gasteiger partial charge in [-0.3, -0.25) is 0 Å². The van der Waals surface area contributed by atoms with Gasteiger partial charge in [0, 0.05) is 34.1 Å². The number of sulfonamides is 1. The molecule has 0 amide bonds. The van der Waals surface area contributed by atoms with E-state index in [0.29, 0.717) is 5.02 Å². The first-order chi connectivity index (χ1) is 11.7. The lowest BCUT2D eigenvalue weighted by Crippen LogP contribution is -2.36. The maximum absolute atomic E-state index is 13.0. The molecule has 4 nitrogen and oxygen atoms in total. The quantitative estimate of drug-likeness (QED) is 0.696. The first kappa shape index (κ1) is 17.9. The fourth-order valence-electron chi connectivity index (χ4n) is 2.72. The summed E-state index contributed by atoms with van der Waals surface area (Å²) < 4.78 is 40.4. The van der Waals surface area contributed by atoms with Crippen LogP contribution >= 0.6 is 11.6 Å². The van der Waals surface area contributed by atoms with Crippen molar-refractivity contribution < 1.29 is 12.8 Å². The summed E-state index contributed by atoms with van der Waals surface area (Å²) in [5.74, 6) is -0.477. The van der Waals surface area contributed by atoms with Gasteiger partial charge >= 0.3 is 0 Å². The molecule has 7 heteroatoms. The number of aromatic nitrogens is 1. The van der Waals surface area contributed by atoms with Gasteiger partial charge in [0.2, 0.25) is 10.0 Å². The monoisotopic (exact) mass is 380 g/mol. The molecule has 0 unspecified atom stereocenters. The highest BCUT2D eigenvalue weighted by Gasteiger charge is 2.27. The predicted molar refractivity (Wildman–Crippen MR) is 97.9 cm³/mol. The SMILES string of the molecule is CC(C)(CNS(=O)(=O)c1ccc(F)cc1)c1c[nH]c2ccc(Cl)cc12. The van der Waals surface area contributed by atoms with Crippen molar-refractivity contribution in [3.63, 3.8) is 0 Å². The molecule has 1 aromatic heterocycles. The zero-order valence-corrected chi connectivity index (χ0v) is 15.4. The average molecular weight is 381 g/mol. The van der Waals surface area contributed by atoms with Crippen molar-refractivity contribution in [2.75, 3.05) is 6.54 Å². The van der Waals surface area contributed by atoms with Gasteiger partial charge in [-0.2, -0.15) is 0 Å². The van der Waals surface area contributed by atoms with Gasteiger partial charge in [0.25, 0.3) is 0 Å². The normalized spacial score (nSPS) is 12.6. The summed E-state index contributed by atoms with van der Waals surface area (Å²) in [5, 5.41) is 1.58. The lowest BCUT2D eigenvalue weighted by Gasteiger charge is -2.25. The lowest BCUT2D eigenvalue weighted by molar-refractivity contribution is 0.504. The molecule has 0 aliphatic carbocycles. The highest BCUT2D eigenvalue weighted by molar-refractivity contribution is 7.89. The summed E-state index contributed by atoms with van der Waals surface area (Å²) in [6, 6.07) is 10.3. The van der Waals surface area contributed by atoms with Crippen LogP contribution in [0.3, 0.4) is 0 Å². The minimum absolute atomic E-state index is 0.0340. The molecule has 0 aliphatic rings. The zero-order valence-electron chi connectivity index (χ0n) is 13.8. The summed E-state index contributed by atoms with van der Waals surface area (Å²) in [6.07, 6.45) is 1.87. The number of hydrogen-bond acceptors (Lipinski definition) is 2. The Morgan fingerprint density at radius 1 is 1.16 bits per heavy atom. The van der Waals surface area contributed by atoms with Crippen molar-refractivity contribution in [1.82, 2.24) is 9.71 Å². The molecule has 25 heavy (non-hydrogen) atoms. The number of benzene rings is 2. The van der Waals surface area contributed by atoms with Crippen LogP contribution in [0.25, 0.3) is 10.9 Å². The standard InChI is InChI=1S/C18H18ClFN2O2S/c1-18(2,16-10-21-17-8-3-12(19)9-15(16)17)11-22-25(23,24)14-6-4-13(20)5-7-14/h3-10,21-22H,11H2,1-2H3. The Labute approximate surface area is 151 Å². The van der Waals surface area contributed by atoms with Crippen LogP contribution in [0.4, 0.5) is 4.39 Å². The van der Waals surface area contributed by atoms with Gasteiger partial charge in [-0.05, 0) is 48.0 Å². The third-order valence-electron chi connectivity index (χ3n) is 4.20. The van der Waals surface area contributed by atoms with Crippen molar-refractivity contribution in [3.05, 3.63) is 65.1 Å². The first-order valence-corrected chi connectivity index (χ1v) is 9.57. The van der Waals surface area contributed by atoms with E-state index in [0.717, 1.165) is 28.6 Å². The third kappa shape index (κ3) is 3.71. The van der Waals surface area contributed by atoms with Crippen LogP contribution in [0.15, 0.2) is 53.6 Å². The van der Waals surface area contributed by atoms with Crippen molar-refractivity contribution in [2.45, 2.75) is 24.2 Å². The number of H-pyrrole nitrogens is 1. The molecule has 0 saturated carbocycles. The van der Waals surface area contributed by atoms with E-state index in [1.54, 1.807) is 6.07 Å². The summed E-state index contributed by atoms with van der Waals surface area (Å²) in [7, 11) is -3.72. The molecule has 0 spiro atoms. The largest absolute Gasteiger partial charge is 0.361 e. The third-order valence-corrected chi connectivity index (χ3v) is 5.85. The summed E-state index contributed by atoms with van der Waals surface area (Å²) in [5.41, 5.74) is 1.43. The van der Waals surface area contributed by atoms with Crippen LogP contribution in [0.5, 0.6) is 0 Å². The molecule has 2 aromatic carbocycles. The van der Waals surface area contributed by atoms with Crippen LogP contribution < -0.4 is 4.72 Å². The van der Waals surface area contributed by atoms with Crippen molar-refractivity contribution in [3.8, 4) is 0 Å². The highest BCUT2D eigenvalue weighted by Crippen LogP contribution is 2.32. The number of halogens is 2. The smallest absolute Gasteiger partial charge is 0.240 e. The van der Waals surface area contributed by atoms with Gasteiger partial charge in [0.15, 0.2) is 0 Å². The van der Waals surface area contributed by atoms with Gasteiger partial charge in [0.1, 0.15) is 5.82 Å². The van der Waals surface area contributed by atoms with E-state index in [2.05, 4.69) is 9.71 Å². The Morgan fingerprint density at radius 2 is 1.84 bits per heavy atom.